The molecule has 3 N–H and O–H groups in total. The summed E-state index contributed by atoms with van der Waals surface area (Å²) in [4.78, 5) is 27.1. The third kappa shape index (κ3) is 4.36. The number of para-hydroxylation sites is 1. The van der Waals surface area contributed by atoms with Gasteiger partial charge < -0.3 is 4.98 Å². The van der Waals surface area contributed by atoms with E-state index in [-0.39, 0.29) is 24.7 Å². The van der Waals surface area contributed by atoms with Crippen molar-refractivity contribution >= 4 is 45.9 Å². The van der Waals surface area contributed by atoms with Crippen LogP contribution in [-0.2, 0) is 22.4 Å². The molecular weight excluding hydrogens is 373 g/mol. The molecule has 0 fully saturated rings. The van der Waals surface area contributed by atoms with Crippen molar-refractivity contribution < 1.29 is 9.59 Å². The molecule has 0 unspecified atom stereocenters. The van der Waals surface area contributed by atoms with Gasteiger partial charge in [0.15, 0.2) is 0 Å². The fraction of sp³-hybridized carbons (Fsp3) is 0.158. The fourth-order valence-electron chi connectivity index (χ4n) is 2.69. The van der Waals surface area contributed by atoms with Crippen molar-refractivity contribution in [1.29, 1.82) is 0 Å². The molecule has 1 heterocycles. The molecule has 0 saturated carbocycles. The summed E-state index contributed by atoms with van der Waals surface area (Å²) in [7, 11) is 0. The van der Waals surface area contributed by atoms with Gasteiger partial charge in [-0.2, -0.15) is 0 Å². The van der Waals surface area contributed by atoms with E-state index in [2.05, 4.69) is 15.8 Å². The predicted octanol–water partition coefficient (Wildman–Crippen LogP) is 3.80. The lowest BCUT2D eigenvalue weighted by atomic mass is 10.1. The Morgan fingerprint density at radius 3 is 2.54 bits per heavy atom. The van der Waals surface area contributed by atoms with Crippen LogP contribution in [0.4, 0.5) is 0 Å². The first-order chi connectivity index (χ1) is 12.5. The average Bonchev–Trinajstić information content (AvgIpc) is 3.04. The maximum Gasteiger partial charge on any atom is 0.242 e. The Bertz CT molecular complexity index is 953. The first-order valence-corrected chi connectivity index (χ1v) is 8.86. The minimum atomic E-state index is -0.298. The van der Waals surface area contributed by atoms with Crippen LogP contribution in [0.2, 0.25) is 10.0 Å². The van der Waals surface area contributed by atoms with Gasteiger partial charge in [-0.15, -0.1) is 0 Å². The molecule has 3 aromatic rings. The van der Waals surface area contributed by atoms with Gasteiger partial charge in [0, 0.05) is 23.5 Å². The maximum absolute atomic E-state index is 12.1. The van der Waals surface area contributed by atoms with Gasteiger partial charge in [0.05, 0.1) is 16.5 Å². The summed E-state index contributed by atoms with van der Waals surface area (Å²) in [5, 5.41) is 1.89. The Balaban J connectivity index is 1.48. The zero-order valence-corrected chi connectivity index (χ0v) is 15.3. The normalized spacial score (nSPS) is 10.7. The number of hydrogen-bond donors (Lipinski definition) is 3. The summed E-state index contributed by atoms with van der Waals surface area (Å²) in [6.07, 6.45) is 2.59. The largest absolute Gasteiger partial charge is 0.361 e. The summed E-state index contributed by atoms with van der Waals surface area (Å²) >= 11 is 12.0. The quantitative estimate of drug-likeness (QED) is 0.580. The van der Waals surface area contributed by atoms with E-state index in [0.29, 0.717) is 16.5 Å². The van der Waals surface area contributed by atoms with E-state index in [1.54, 1.807) is 18.3 Å². The number of carbonyl (C=O) groups is 2. The molecule has 5 nitrogen and oxygen atoms in total. The Hall–Kier alpha value is -2.50. The molecule has 0 aliphatic carbocycles. The first kappa shape index (κ1) is 18.3. The van der Waals surface area contributed by atoms with Crippen molar-refractivity contribution in [3.05, 3.63) is 69.8 Å². The van der Waals surface area contributed by atoms with E-state index in [1.165, 1.54) is 0 Å². The predicted molar refractivity (Wildman–Crippen MR) is 103 cm³/mol. The minimum absolute atomic E-state index is 0.171. The van der Waals surface area contributed by atoms with Crippen LogP contribution in [0.3, 0.4) is 0 Å². The number of amides is 2. The molecule has 3 rings (SSSR count). The number of hydrogen-bond acceptors (Lipinski definition) is 2. The van der Waals surface area contributed by atoms with Gasteiger partial charge in [0.2, 0.25) is 11.8 Å². The van der Waals surface area contributed by atoms with Crippen molar-refractivity contribution in [3.8, 4) is 0 Å². The molecule has 0 aliphatic rings. The highest BCUT2D eigenvalue weighted by Gasteiger charge is 2.11. The molecule has 0 radical (unpaired) electrons. The van der Waals surface area contributed by atoms with E-state index in [1.807, 2.05) is 30.3 Å². The third-order valence-electron chi connectivity index (χ3n) is 4.02. The van der Waals surface area contributed by atoms with Gasteiger partial charge in [0.25, 0.3) is 0 Å². The molecule has 7 heteroatoms. The molecule has 0 aliphatic heterocycles. The van der Waals surface area contributed by atoms with Crippen LogP contribution in [0.15, 0.2) is 48.7 Å². The average molecular weight is 390 g/mol. The number of halogens is 2. The van der Waals surface area contributed by atoms with Crippen LogP contribution in [0.5, 0.6) is 0 Å². The molecule has 0 atom stereocenters. The van der Waals surface area contributed by atoms with Gasteiger partial charge in [-0.05, 0) is 29.7 Å². The first-order valence-electron chi connectivity index (χ1n) is 8.10. The number of aryl methyl sites for hydroxylation is 1. The topological polar surface area (TPSA) is 74.0 Å². The standard InChI is InChI=1S/C19H17Cl2N3O2/c20-15-6-3-4-12(19(15)21)8-9-17(25)23-24-18(26)10-13-11-22-16-7-2-1-5-14(13)16/h1-7,11,22H,8-10H2,(H,23,25)(H,24,26). The molecular formula is C19H17Cl2N3O2. The summed E-state index contributed by atoms with van der Waals surface area (Å²) < 4.78 is 0. The number of benzene rings is 2. The zero-order valence-electron chi connectivity index (χ0n) is 13.8. The number of rotatable bonds is 5. The summed E-state index contributed by atoms with van der Waals surface area (Å²) in [6.45, 7) is 0. The molecule has 2 aromatic carbocycles. The lowest BCUT2D eigenvalue weighted by Gasteiger charge is -2.08. The smallest absolute Gasteiger partial charge is 0.242 e. The molecule has 0 bridgehead atoms. The van der Waals surface area contributed by atoms with Gasteiger partial charge in [-0.25, -0.2) is 0 Å². The van der Waals surface area contributed by atoms with Gasteiger partial charge >= 0.3 is 0 Å². The zero-order chi connectivity index (χ0) is 18.5. The molecule has 0 saturated heterocycles. The minimum Gasteiger partial charge on any atom is -0.361 e. The lowest BCUT2D eigenvalue weighted by Crippen LogP contribution is -2.42. The molecule has 2 amide bonds. The second-order valence-electron chi connectivity index (χ2n) is 5.85. The maximum atomic E-state index is 12.1. The highest BCUT2D eigenvalue weighted by Crippen LogP contribution is 2.26. The SMILES string of the molecule is O=C(CCc1cccc(Cl)c1Cl)NNC(=O)Cc1c[nH]c2ccccc12. The van der Waals surface area contributed by atoms with Gasteiger partial charge in [-0.1, -0.05) is 53.5 Å². The van der Waals surface area contributed by atoms with Crippen LogP contribution < -0.4 is 10.9 Å². The third-order valence-corrected chi connectivity index (χ3v) is 4.88. The van der Waals surface area contributed by atoms with E-state index in [0.717, 1.165) is 22.0 Å². The number of H-pyrrole nitrogens is 1. The van der Waals surface area contributed by atoms with Crippen molar-refractivity contribution in [2.75, 3.05) is 0 Å². The van der Waals surface area contributed by atoms with Gasteiger partial charge in [-0.3, -0.25) is 20.4 Å². The Labute approximate surface area is 160 Å². The number of fused-ring (bicyclic) bond motifs is 1. The Kier molecular flexibility index (Phi) is 5.81. The summed E-state index contributed by atoms with van der Waals surface area (Å²) in [5.74, 6) is -0.586. The van der Waals surface area contributed by atoms with Crippen molar-refractivity contribution in [3.63, 3.8) is 0 Å². The molecule has 0 spiro atoms. The van der Waals surface area contributed by atoms with Crippen LogP contribution in [0.1, 0.15) is 17.5 Å². The van der Waals surface area contributed by atoms with Crippen molar-refractivity contribution in [2.45, 2.75) is 19.3 Å². The van der Waals surface area contributed by atoms with Crippen LogP contribution in [0.25, 0.3) is 10.9 Å². The summed E-state index contributed by atoms with van der Waals surface area (Å²) in [5.41, 5.74) is 7.49. The number of aromatic amines is 1. The Morgan fingerprint density at radius 2 is 1.69 bits per heavy atom. The summed E-state index contributed by atoms with van der Waals surface area (Å²) in [6, 6.07) is 13.0. The second-order valence-corrected chi connectivity index (χ2v) is 6.63. The molecule has 26 heavy (non-hydrogen) atoms. The number of aromatic nitrogens is 1. The van der Waals surface area contributed by atoms with E-state index >= 15 is 0 Å². The van der Waals surface area contributed by atoms with Crippen molar-refractivity contribution in [2.24, 2.45) is 0 Å². The molecule has 134 valence electrons. The van der Waals surface area contributed by atoms with E-state index in [4.69, 9.17) is 23.2 Å². The number of carbonyl (C=O) groups excluding carboxylic acids is 2. The monoisotopic (exact) mass is 389 g/mol. The fourth-order valence-corrected chi connectivity index (χ4v) is 3.10. The lowest BCUT2D eigenvalue weighted by molar-refractivity contribution is -0.128. The highest BCUT2D eigenvalue weighted by atomic mass is 35.5. The van der Waals surface area contributed by atoms with Crippen LogP contribution in [-0.4, -0.2) is 16.8 Å². The van der Waals surface area contributed by atoms with Crippen molar-refractivity contribution in [1.82, 2.24) is 15.8 Å². The van der Waals surface area contributed by atoms with Gasteiger partial charge in [0.1, 0.15) is 0 Å². The molecule has 1 aromatic heterocycles. The van der Waals surface area contributed by atoms with E-state index in [9.17, 15) is 9.59 Å². The van der Waals surface area contributed by atoms with Crippen LogP contribution >= 0.6 is 23.2 Å². The second kappa shape index (κ2) is 8.25. The number of nitrogens with one attached hydrogen (secondary N) is 3. The highest BCUT2D eigenvalue weighted by molar-refractivity contribution is 6.42. The Morgan fingerprint density at radius 1 is 0.923 bits per heavy atom. The van der Waals surface area contributed by atoms with Crippen LogP contribution in [0, 0.1) is 0 Å². The number of hydrazine groups is 1. The van der Waals surface area contributed by atoms with E-state index < -0.39 is 0 Å².